The van der Waals surface area contributed by atoms with Gasteiger partial charge < -0.3 is 9.47 Å². The van der Waals surface area contributed by atoms with Crippen molar-refractivity contribution in [2.24, 2.45) is 5.92 Å². The number of hydrogen-bond donors (Lipinski definition) is 0. The minimum Gasteiger partial charge on any atom is -0.497 e. The van der Waals surface area contributed by atoms with E-state index in [0.29, 0.717) is 24.2 Å². The first-order chi connectivity index (χ1) is 15.9. The Morgan fingerprint density at radius 3 is 2.27 bits per heavy atom. The fourth-order valence-corrected chi connectivity index (χ4v) is 5.43. The van der Waals surface area contributed by atoms with E-state index in [1.807, 2.05) is 24.3 Å². The number of fused-ring (bicyclic) bond motifs is 1. The van der Waals surface area contributed by atoms with Crippen LogP contribution < -0.4 is 4.74 Å². The molecule has 172 valence electrons. The van der Waals surface area contributed by atoms with Crippen LogP contribution in [0.1, 0.15) is 23.2 Å². The normalized spacial score (nSPS) is 15.3. The van der Waals surface area contributed by atoms with Crippen LogP contribution in [-0.4, -0.2) is 51.3 Å². The third-order valence-corrected chi connectivity index (χ3v) is 7.80. The van der Waals surface area contributed by atoms with Crippen LogP contribution >= 0.6 is 0 Å². The van der Waals surface area contributed by atoms with E-state index in [1.165, 1.54) is 11.4 Å². The lowest BCUT2D eigenvalue weighted by atomic mass is 9.98. The number of benzene rings is 3. The maximum atomic E-state index is 13.1. The van der Waals surface area contributed by atoms with Crippen LogP contribution in [0.5, 0.6) is 5.75 Å². The quantitative estimate of drug-likeness (QED) is 0.389. The molecule has 0 aromatic heterocycles. The van der Waals surface area contributed by atoms with Gasteiger partial charge in [-0.05, 0) is 60.0 Å². The van der Waals surface area contributed by atoms with Gasteiger partial charge in [-0.1, -0.05) is 30.3 Å². The predicted molar refractivity (Wildman–Crippen MR) is 124 cm³/mol. The van der Waals surface area contributed by atoms with Gasteiger partial charge in [0.2, 0.25) is 10.0 Å². The number of nitrogens with zero attached hydrogens (tertiary/aromatic N) is 1. The molecule has 1 heterocycles. The molecule has 0 atom stereocenters. The minimum absolute atomic E-state index is 0.224. The van der Waals surface area contributed by atoms with E-state index >= 15 is 0 Å². The van der Waals surface area contributed by atoms with Gasteiger partial charge in [-0.2, -0.15) is 4.31 Å². The standard InChI is InChI=1S/C25H25NO6S/c1-31-22-9-6-19(7-10-22)24(27)17-32-25(28)20-12-14-26(15-13-20)33(29,30)23-11-8-18-4-2-3-5-21(18)16-23/h2-11,16,20H,12-15,17H2,1H3. The highest BCUT2D eigenvalue weighted by Gasteiger charge is 2.33. The summed E-state index contributed by atoms with van der Waals surface area (Å²) in [6.07, 6.45) is 0.699. The van der Waals surface area contributed by atoms with E-state index in [0.717, 1.165) is 10.8 Å². The molecule has 0 spiro atoms. The third-order valence-electron chi connectivity index (χ3n) is 5.90. The first-order valence-corrected chi connectivity index (χ1v) is 12.2. The highest BCUT2D eigenvalue weighted by molar-refractivity contribution is 7.89. The van der Waals surface area contributed by atoms with Crippen molar-refractivity contribution >= 4 is 32.5 Å². The summed E-state index contributed by atoms with van der Waals surface area (Å²) in [5.41, 5.74) is 0.430. The number of carbonyl (C=O) groups is 2. The fraction of sp³-hybridized carbons (Fsp3) is 0.280. The summed E-state index contributed by atoms with van der Waals surface area (Å²) in [7, 11) is -2.11. The number of hydrogen-bond acceptors (Lipinski definition) is 6. The van der Waals surface area contributed by atoms with E-state index in [4.69, 9.17) is 9.47 Å². The second kappa shape index (κ2) is 9.72. The summed E-state index contributed by atoms with van der Waals surface area (Å²) in [5, 5.41) is 1.83. The Balaban J connectivity index is 1.32. The van der Waals surface area contributed by atoms with Gasteiger partial charge in [0.1, 0.15) is 5.75 Å². The highest BCUT2D eigenvalue weighted by atomic mass is 32.2. The maximum Gasteiger partial charge on any atom is 0.309 e. The smallest absolute Gasteiger partial charge is 0.309 e. The number of sulfonamides is 1. The van der Waals surface area contributed by atoms with Gasteiger partial charge in [0.15, 0.2) is 12.4 Å². The van der Waals surface area contributed by atoms with Crippen molar-refractivity contribution in [3.63, 3.8) is 0 Å². The van der Waals surface area contributed by atoms with Gasteiger partial charge in [0.25, 0.3) is 0 Å². The number of ketones is 1. The van der Waals surface area contributed by atoms with Crippen LogP contribution in [0.3, 0.4) is 0 Å². The number of piperidine rings is 1. The molecule has 8 heteroatoms. The monoisotopic (exact) mass is 467 g/mol. The Bertz CT molecular complexity index is 1260. The van der Waals surface area contributed by atoms with Crippen LogP contribution in [0.4, 0.5) is 0 Å². The molecule has 0 amide bonds. The first kappa shape index (κ1) is 22.9. The number of carbonyl (C=O) groups excluding carboxylic acids is 2. The summed E-state index contributed by atoms with van der Waals surface area (Å²) >= 11 is 0. The van der Waals surface area contributed by atoms with E-state index < -0.39 is 21.9 Å². The Labute approximate surface area is 193 Å². The molecule has 0 saturated carbocycles. The molecular weight excluding hydrogens is 442 g/mol. The van der Waals surface area contributed by atoms with Crippen molar-refractivity contribution in [3.8, 4) is 5.75 Å². The number of rotatable bonds is 7. The lowest BCUT2D eigenvalue weighted by Gasteiger charge is -2.30. The van der Waals surface area contributed by atoms with E-state index in [9.17, 15) is 18.0 Å². The number of ether oxygens (including phenoxy) is 2. The molecule has 33 heavy (non-hydrogen) atoms. The molecule has 0 bridgehead atoms. The lowest BCUT2D eigenvalue weighted by Crippen LogP contribution is -2.40. The molecule has 0 N–H and O–H groups in total. The van der Waals surface area contributed by atoms with Crippen molar-refractivity contribution in [2.45, 2.75) is 17.7 Å². The van der Waals surface area contributed by atoms with E-state index in [1.54, 1.807) is 42.5 Å². The Morgan fingerprint density at radius 1 is 0.939 bits per heavy atom. The van der Waals surface area contributed by atoms with Gasteiger partial charge in [-0.15, -0.1) is 0 Å². The third kappa shape index (κ3) is 5.07. The van der Waals surface area contributed by atoms with Crippen molar-refractivity contribution in [1.29, 1.82) is 0 Å². The second-order valence-electron chi connectivity index (χ2n) is 7.95. The number of Topliss-reactive ketones (excluding diaryl/α,β-unsaturated/α-hetero) is 1. The molecule has 0 unspecified atom stereocenters. The molecule has 0 aliphatic carbocycles. The minimum atomic E-state index is -3.65. The summed E-state index contributed by atoms with van der Waals surface area (Å²) in [4.78, 5) is 24.9. The zero-order valence-electron chi connectivity index (χ0n) is 18.3. The zero-order chi connectivity index (χ0) is 23.4. The van der Waals surface area contributed by atoms with Gasteiger partial charge in [-0.3, -0.25) is 9.59 Å². The Kier molecular flexibility index (Phi) is 6.76. The molecule has 1 saturated heterocycles. The lowest BCUT2D eigenvalue weighted by molar-refractivity contribution is -0.148. The summed E-state index contributed by atoms with van der Waals surface area (Å²) < 4.78 is 37.9. The topological polar surface area (TPSA) is 90.0 Å². The van der Waals surface area contributed by atoms with Crippen molar-refractivity contribution in [3.05, 3.63) is 72.3 Å². The van der Waals surface area contributed by atoms with Crippen LogP contribution in [0, 0.1) is 5.92 Å². The van der Waals surface area contributed by atoms with Crippen LogP contribution in [-0.2, 0) is 19.6 Å². The van der Waals surface area contributed by atoms with Crippen molar-refractivity contribution in [1.82, 2.24) is 4.31 Å². The van der Waals surface area contributed by atoms with E-state index in [-0.39, 0.29) is 30.4 Å². The summed E-state index contributed by atoms with van der Waals surface area (Å²) in [5.74, 6) is -0.576. The molecule has 1 aliphatic heterocycles. The molecule has 4 rings (SSSR count). The summed E-state index contributed by atoms with van der Waals surface area (Å²) in [6.45, 7) is 0.101. The summed E-state index contributed by atoms with van der Waals surface area (Å²) in [6, 6.07) is 19.2. The molecule has 7 nitrogen and oxygen atoms in total. The Hall–Kier alpha value is -3.23. The Morgan fingerprint density at radius 2 is 1.61 bits per heavy atom. The average molecular weight is 468 g/mol. The molecule has 0 radical (unpaired) electrons. The predicted octanol–water partition coefficient (Wildman–Crippen LogP) is 3.68. The largest absolute Gasteiger partial charge is 0.497 e. The van der Waals surface area contributed by atoms with E-state index in [2.05, 4.69) is 0 Å². The average Bonchev–Trinajstić information content (AvgIpc) is 2.86. The molecule has 1 fully saturated rings. The van der Waals surface area contributed by atoms with Gasteiger partial charge in [0.05, 0.1) is 17.9 Å². The zero-order valence-corrected chi connectivity index (χ0v) is 19.1. The highest BCUT2D eigenvalue weighted by Crippen LogP contribution is 2.27. The molecule has 3 aromatic carbocycles. The molecular formula is C25H25NO6S. The SMILES string of the molecule is COc1ccc(C(=O)COC(=O)C2CCN(S(=O)(=O)c3ccc4ccccc4c3)CC2)cc1. The van der Waals surface area contributed by atoms with Crippen molar-refractivity contribution < 1.29 is 27.5 Å². The maximum absolute atomic E-state index is 13.1. The second-order valence-corrected chi connectivity index (χ2v) is 9.88. The van der Waals surface area contributed by atoms with Crippen molar-refractivity contribution in [2.75, 3.05) is 26.8 Å². The molecule has 3 aromatic rings. The number of esters is 1. The fourth-order valence-electron chi connectivity index (χ4n) is 3.92. The van der Waals surface area contributed by atoms with Gasteiger partial charge in [-0.25, -0.2) is 8.42 Å². The first-order valence-electron chi connectivity index (χ1n) is 10.7. The van der Waals surface area contributed by atoms with Gasteiger partial charge in [0, 0.05) is 18.7 Å². The van der Waals surface area contributed by atoms with Crippen LogP contribution in [0.25, 0.3) is 10.8 Å². The molecule has 1 aliphatic rings. The van der Waals surface area contributed by atoms with Gasteiger partial charge >= 0.3 is 5.97 Å². The van der Waals surface area contributed by atoms with Crippen LogP contribution in [0.15, 0.2) is 71.6 Å². The number of methoxy groups -OCH3 is 1. The van der Waals surface area contributed by atoms with Crippen LogP contribution in [0.2, 0.25) is 0 Å².